The average molecular weight is 547 g/mol. The smallest absolute Gasteiger partial charge is 0.339 e. The molecule has 0 aliphatic heterocycles. The second kappa shape index (κ2) is 12.6. The highest BCUT2D eigenvalue weighted by Gasteiger charge is 2.21. The lowest BCUT2D eigenvalue weighted by atomic mass is 10.1. The molecule has 1 N–H and O–H groups in total. The summed E-state index contributed by atoms with van der Waals surface area (Å²) in [5, 5.41) is 12.2. The van der Waals surface area contributed by atoms with Crippen LogP contribution in [0.4, 0.5) is 5.69 Å². The molecule has 0 saturated heterocycles. The molecule has 0 saturated carbocycles. The number of hydrogen-bond acceptors (Lipinski definition) is 9. The highest BCUT2D eigenvalue weighted by atomic mass is 35.5. The number of hydrogen-bond donors (Lipinski definition) is 1. The maximum atomic E-state index is 12.8. The molecule has 2 aromatic carbocycles. The number of halogens is 1. The summed E-state index contributed by atoms with van der Waals surface area (Å²) in [6.07, 6.45) is -0.446. The Labute approximate surface area is 223 Å². The van der Waals surface area contributed by atoms with Crippen molar-refractivity contribution in [1.29, 1.82) is 0 Å². The van der Waals surface area contributed by atoms with Crippen LogP contribution in [0.3, 0.4) is 0 Å². The molecule has 3 aromatic rings. The Kier molecular flexibility index (Phi) is 9.54. The number of nitrogens with one attached hydrogen (secondary N) is 1. The lowest BCUT2D eigenvalue weighted by molar-refractivity contribution is -0.113. The maximum Gasteiger partial charge on any atom is 0.339 e. The number of rotatable bonds is 10. The van der Waals surface area contributed by atoms with Gasteiger partial charge in [-0.25, -0.2) is 9.59 Å². The van der Waals surface area contributed by atoms with Gasteiger partial charge in [0, 0.05) is 6.54 Å². The van der Waals surface area contributed by atoms with E-state index in [1.54, 1.807) is 6.07 Å². The van der Waals surface area contributed by atoms with Crippen molar-refractivity contribution in [3.63, 3.8) is 0 Å². The minimum atomic E-state index is -0.655. The van der Waals surface area contributed by atoms with Gasteiger partial charge in [0.15, 0.2) is 17.1 Å². The third kappa shape index (κ3) is 6.80. The minimum Gasteiger partial charge on any atom is -0.481 e. The number of methoxy groups -OCH3 is 2. The number of benzene rings is 2. The number of anilines is 1. The predicted molar refractivity (Wildman–Crippen MR) is 139 cm³/mol. The van der Waals surface area contributed by atoms with Crippen molar-refractivity contribution in [3.8, 4) is 5.75 Å². The fourth-order valence-corrected chi connectivity index (χ4v) is 4.42. The van der Waals surface area contributed by atoms with E-state index in [0.29, 0.717) is 28.3 Å². The van der Waals surface area contributed by atoms with Crippen LogP contribution in [0.5, 0.6) is 5.75 Å². The number of carbonyl (C=O) groups excluding carboxylic acids is 3. The van der Waals surface area contributed by atoms with Gasteiger partial charge in [-0.15, -0.1) is 10.2 Å². The SMILES string of the molecule is CCn1c(SCC(=O)Nc2cc(C(=O)OC)ccc2C(=O)OC)nnc1C(C)Oc1cc(C)ccc1Cl. The zero-order valence-corrected chi connectivity index (χ0v) is 22.6. The van der Waals surface area contributed by atoms with Gasteiger partial charge in [0.25, 0.3) is 0 Å². The van der Waals surface area contributed by atoms with E-state index in [-0.39, 0.29) is 22.6 Å². The van der Waals surface area contributed by atoms with Crippen LogP contribution in [-0.4, -0.2) is 52.6 Å². The molecular formula is C25H27ClN4O6S. The highest BCUT2D eigenvalue weighted by Crippen LogP contribution is 2.30. The van der Waals surface area contributed by atoms with Crippen LogP contribution in [0.1, 0.15) is 52.1 Å². The molecule has 0 aliphatic carbocycles. The molecule has 0 bridgehead atoms. The Morgan fingerprint density at radius 2 is 1.81 bits per heavy atom. The van der Waals surface area contributed by atoms with Gasteiger partial charge >= 0.3 is 11.9 Å². The Morgan fingerprint density at radius 1 is 1.08 bits per heavy atom. The zero-order chi connectivity index (χ0) is 27.1. The lowest BCUT2D eigenvalue weighted by Crippen LogP contribution is -2.18. The Hall–Kier alpha value is -3.57. The van der Waals surface area contributed by atoms with E-state index in [1.165, 1.54) is 44.2 Å². The molecule has 0 aliphatic rings. The van der Waals surface area contributed by atoms with Gasteiger partial charge < -0.3 is 24.1 Å². The Morgan fingerprint density at radius 3 is 2.49 bits per heavy atom. The van der Waals surface area contributed by atoms with Crippen LogP contribution in [0.15, 0.2) is 41.6 Å². The van der Waals surface area contributed by atoms with Gasteiger partial charge in [-0.05, 0) is 56.7 Å². The van der Waals surface area contributed by atoms with E-state index in [0.717, 1.165) is 5.56 Å². The number of nitrogens with zero attached hydrogens (tertiary/aromatic N) is 3. The van der Waals surface area contributed by atoms with E-state index in [1.807, 2.05) is 37.5 Å². The van der Waals surface area contributed by atoms with Crippen molar-refractivity contribution in [3.05, 3.63) is 63.9 Å². The fourth-order valence-electron chi connectivity index (χ4n) is 3.45. The summed E-state index contributed by atoms with van der Waals surface area (Å²) in [5.74, 6) is -0.573. The summed E-state index contributed by atoms with van der Waals surface area (Å²) in [7, 11) is 2.47. The number of carbonyl (C=O) groups is 3. The molecule has 196 valence electrons. The second-order valence-electron chi connectivity index (χ2n) is 7.86. The van der Waals surface area contributed by atoms with Crippen LogP contribution in [-0.2, 0) is 20.8 Å². The van der Waals surface area contributed by atoms with Crippen molar-refractivity contribution in [2.75, 3.05) is 25.3 Å². The summed E-state index contributed by atoms with van der Waals surface area (Å²) in [6.45, 7) is 6.28. The molecule has 1 heterocycles. The molecule has 10 nitrogen and oxygen atoms in total. The normalized spacial score (nSPS) is 11.5. The zero-order valence-electron chi connectivity index (χ0n) is 21.0. The van der Waals surface area contributed by atoms with Crippen molar-refractivity contribution in [2.45, 2.75) is 38.6 Å². The van der Waals surface area contributed by atoms with Gasteiger partial charge in [0.05, 0.1) is 41.8 Å². The van der Waals surface area contributed by atoms with Gasteiger partial charge in [-0.2, -0.15) is 0 Å². The summed E-state index contributed by atoms with van der Waals surface area (Å²) >= 11 is 7.43. The van der Waals surface area contributed by atoms with Crippen LogP contribution >= 0.6 is 23.4 Å². The summed E-state index contributed by atoms with van der Waals surface area (Å²) in [5.41, 5.74) is 1.43. The molecule has 0 radical (unpaired) electrons. The first kappa shape index (κ1) is 28.0. The molecule has 37 heavy (non-hydrogen) atoms. The summed E-state index contributed by atoms with van der Waals surface area (Å²) in [6, 6.07) is 9.69. The maximum absolute atomic E-state index is 12.8. The fraction of sp³-hybridized carbons (Fsp3) is 0.320. The summed E-state index contributed by atoms with van der Waals surface area (Å²) in [4.78, 5) is 36.8. The van der Waals surface area contributed by atoms with Crippen LogP contribution in [0, 0.1) is 6.92 Å². The lowest BCUT2D eigenvalue weighted by Gasteiger charge is -2.17. The van der Waals surface area contributed by atoms with Crippen molar-refractivity contribution >= 4 is 46.9 Å². The molecule has 1 atom stereocenters. The molecule has 1 unspecified atom stereocenters. The Bertz CT molecular complexity index is 1310. The standard InChI is InChI=1S/C25H27ClN4O6S/c1-6-30-22(15(3)36-20-11-14(2)7-10-18(20)26)28-29-25(30)37-13-21(31)27-19-12-16(23(32)34-4)8-9-17(19)24(33)35-5/h7-12,15H,6,13H2,1-5H3,(H,27,31). The number of ether oxygens (including phenoxy) is 3. The van der Waals surface area contributed by atoms with Crippen molar-refractivity contribution < 1.29 is 28.6 Å². The average Bonchev–Trinajstić information content (AvgIpc) is 3.31. The largest absolute Gasteiger partial charge is 0.481 e. The monoisotopic (exact) mass is 546 g/mol. The first-order valence-corrected chi connectivity index (χ1v) is 12.6. The molecule has 0 fully saturated rings. The number of amides is 1. The van der Waals surface area contributed by atoms with Crippen LogP contribution in [0.2, 0.25) is 5.02 Å². The van der Waals surface area contributed by atoms with Gasteiger partial charge in [-0.1, -0.05) is 29.4 Å². The van der Waals surface area contributed by atoms with E-state index in [9.17, 15) is 14.4 Å². The number of aryl methyl sites for hydroxylation is 1. The Balaban J connectivity index is 1.73. The van der Waals surface area contributed by atoms with Crippen molar-refractivity contribution in [2.24, 2.45) is 0 Å². The first-order chi connectivity index (χ1) is 17.7. The molecule has 3 rings (SSSR count). The number of thioether (sulfide) groups is 1. The molecule has 1 aromatic heterocycles. The number of aromatic nitrogens is 3. The predicted octanol–water partition coefficient (Wildman–Crippen LogP) is 4.70. The van der Waals surface area contributed by atoms with Crippen LogP contribution in [0.25, 0.3) is 0 Å². The van der Waals surface area contributed by atoms with E-state index in [4.69, 9.17) is 25.8 Å². The van der Waals surface area contributed by atoms with Crippen molar-refractivity contribution in [1.82, 2.24) is 14.8 Å². The molecular weight excluding hydrogens is 520 g/mol. The van der Waals surface area contributed by atoms with Gasteiger partial charge in [-0.3, -0.25) is 4.79 Å². The van der Waals surface area contributed by atoms with E-state index in [2.05, 4.69) is 15.5 Å². The highest BCUT2D eigenvalue weighted by molar-refractivity contribution is 7.99. The van der Waals surface area contributed by atoms with Gasteiger partial charge in [0.1, 0.15) is 5.75 Å². The minimum absolute atomic E-state index is 0.0276. The van der Waals surface area contributed by atoms with Gasteiger partial charge in [0.2, 0.25) is 5.91 Å². The van der Waals surface area contributed by atoms with E-state index < -0.39 is 23.9 Å². The second-order valence-corrected chi connectivity index (χ2v) is 9.21. The third-order valence-corrected chi connectivity index (χ3v) is 6.55. The quantitative estimate of drug-likeness (QED) is 0.284. The third-order valence-electron chi connectivity index (χ3n) is 5.27. The van der Waals surface area contributed by atoms with E-state index >= 15 is 0 Å². The molecule has 12 heteroatoms. The molecule has 1 amide bonds. The van der Waals surface area contributed by atoms with Crippen LogP contribution < -0.4 is 10.1 Å². The number of esters is 2. The summed E-state index contributed by atoms with van der Waals surface area (Å²) < 4.78 is 17.4. The molecule has 0 spiro atoms. The first-order valence-electron chi connectivity index (χ1n) is 11.3. The topological polar surface area (TPSA) is 122 Å².